The smallest absolute Gasteiger partial charge is 0.00871 e. The molecule has 24 heavy (non-hydrogen) atoms. The molecule has 0 nitrogen and oxygen atoms in total. The van der Waals surface area contributed by atoms with E-state index in [-0.39, 0.29) is 5.41 Å². The molecule has 1 saturated carbocycles. The Morgan fingerprint density at radius 3 is 2.17 bits per heavy atom. The zero-order valence-corrected chi connectivity index (χ0v) is 15.7. The molecule has 1 fully saturated rings. The van der Waals surface area contributed by atoms with Gasteiger partial charge in [-0.2, -0.15) is 0 Å². The van der Waals surface area contributed by atoms with Gasteiger partial charge in [-0.3, -0.25) is 0 Å². The minimum Gasteiger partial charge on any atom is -0.0758 e. The maximum atomic E-state index is 2.60. The molecule has 1 atom stereocenters. The second-order valence-corrected chi connectivity index (χ2v) is 8.69. The molecule has 0 bridgehead atoms. The fourth-order valence-electron chi connectivity index (χ4n) is 4.85. The Bertz CT molecular complexity index is 732. The fourth-order valence-corrected chi connectivity index (χ4v) is 4.85. The summed E-state index contributed by atoms with van der Waals surface area (Å²) in [5, 5.41) is 0. The van der Waals surface area contributed by atoms with Crippen molar-refractivity contribution in [3.05, 3.63) is 63.8 Å². The number of aryl methyl sites for hydroxylation is 2. The van der Waals surface area contributed by atoms with Crippen LogP contribution < -0.4 is 0 Å². The van der Waals surface area contributed by atoms with Crippen molar-refractivity contribution in [3.8, 4) is 0 Å². The topological polar surface area (TPSA) is 0 Å². The van der Waals surface area contributed by atoms with Crippen LogP contribution in [0.25, 0.3) is 6.08 Å². The van der Waals surface area contributed by atoms with E-state index in [4.69, 9.17) is 0 Å². The zero-order valence-electron chi connectivity index (χ0n) is 15.7. The van der Waals surface area contributed by atoms with E-state index in [0.29, 0.717) is 11.8 Å². The van der Waals surface area contributed by atoms with Gasteiger partial charge in [-0.25, -0.2) is 0 Å². The molecule has 0 heterocycles. The summed E-state index contributed by atoms with van der Waals surface area (Å²) in [6, 6.07) is 4.80. The number of hydrogen-bond donors (Lipinski definition) is 0. The highest BCUT2D eigenvalue weighted by Crippen LogP contribution is 2.51. The minimum absolute atomic E-state index is 0.232. The summed E-state index contributed by atoms with van der Waals surface area (Å²) < 4.78 is 0. The van der Waals surface area contributed by atoms with Crippen LogP contribution >= 0.6 is 0 Å². The first-order valence-electron chi connectivity index (χ1n) is 9.68. The SMILES string of the molecule is Cc1cc2c(cc1C)C(C(C)(C)C1C=C3CCCCCC3=C1)C=C2. The van der Waals surface area contributed by atoms with Crippen LogP contribution in [0.3, 0.4) is 0 Å². The van der Waals surface area contributed by atoms with Gasteiger partial charge in [0.15, 0.2) is 0 Å². The van der Waals surface area contributed by atoms with Crippen LogP contribution in [0.5, 0.6) is 0 Å². The first-order valence-corrected chi connectivity index (χ1v) is 9.68. The lowest BCUT2D eigenvalue weighted by atomic mass is 9.67. The van der Waals surface area contributed by atoms with Crippen LogP contribution in [-0.2, 0) is 0 Å². The summed E-state index contributed by atoms with van der Waals surface area (Å²) in [7, 11) is 0. The van der Waals surface area contributed by atoms with E-state index >= 15 is 0 Å². The maximum absolute atomic E-state index is 2.60. The number of allylic oxidation sites excluding steroid dienone is 5. The first kappa shape index (κ1) is 15.9. The Balaban J connectivity index is 1.67. The van der Waals surface area contributed by atoms with Crippen molar-refractivity contribution >= 4 is 6.08 Å². The lowest BCUT2D eigenvalue weighted by Gasteiger charge is -2.36. The predicted octanol–water partition coefficient (Wildman–Crippen LogP) is 6.89. The number of fused-ring (bicyclic) bond motifs is 2. The molecule has 126 valence electrons. The Morgan fingerprint density at radius 1 is 0.875 bits per heavy atom. The molecule has 0 radical (unpaired) electrons. The summed E-state index contributed by atoms with van der Waals surface area (Å²) in [6.45, 7) is 9.41. The van der Waals surface area contributed by atoms with E-state index in [9.17, 15) is 0 Å². The third kappa shape index (κ3) is 2.51. The summed E-state index contributed by atoms with van der Waals surface area (Å²) in [6.07, 6.45) is 16.8. The van der Waals surface area contributed by atoms with Crippen molar-refractivity contribution in [2.45, 2.75) is 65.7 Å². The average molecular weight is 319 g/mol. The summed E-state index contributed by atoms with van der Waals surface area (Å²) >= 11 is 0. The van der Waals surface area contributed by atoms with Crippen LogP contribution in [-0.4, -0.2) is 0 Å². The minimum atomic E-state index is 0.232. The molecular formula is C24H30. The van der Waals surface area contributed by atoms with Crippen molar-refractivity contribution < 1.29 is 0 Å². The highest BCUT2D eigenvalue weighted by atomic mass is 14.4. The molecule has 0 spiro atoms. The van der Waals surface area contributed by atoms with Crippen molar-refractivity contribution in [1.82, 2.24) is 0 Å². The molecule has 4 rings (SSSR count). The summed E-state index contributed by atoms with van der Waals surface area (Å²) in [5.74, 6) is 1.09. The van der Waals surface area contributed by atoms with Gasteiger partial charge in [-0.15, -0.1) is 0 Å². The fraction of sp³-hybridized carbons (Fsp3) is 0.500. The third-order valence-electron chi connectivity index (χ3n) is 6.73. The van der Waals surface area contributed by atoms with E-state index in [1.54, 1.807) is 11.1 Å². The quantitative estimate of drug-likeness (QED) is 0.557. The molecule has 0 heteroatoms. The summed E-state index contributed by atoms with van der Waals surface area (Å²) in [4.78, 5) is 0. The van der Waals surface area contributed by atoms with Crippen molar-refractivity contribution in [3.63, 3.8) is 0 Å². The highest BCUT2D eigenvalue weighted by molar-refractivity contribution is 5.65. The van der Waals surface area contributed by atoms with E-state index < -0.39 is 0 Å². The molecule has 1 aromatic rings. The van der Waals surface area contributed by atoms with E-state index in [0.717, 1.165) is 0 Å². The van der Waals surface area contributed by atoms with E-state index in [2.05, 4.69) is 64.1 Å². The second-order valence-electron chi connectivity index (χ2n) is 8.69. The molecule has 0 N–H and O–H groups in total. The second kappa shape index (κ2) is 5.76. The third-order valence-corrected chi connectivity index (χ3v) is 6.73. The Kier molecular flexibility index (Phi) is 3.82. The summed E-state index contributed by atoms with van der Waals surface area (Å²) in [5.41, 5.74) is 9.35. The van der Waals surface area contributed by atoms with Gasteiger partial charge in [0.1, 0.15) is 0 Å². The Labute approximate surface area is 147 Å². The van der Waals surface area contributed by atoms with Crippen LogP contribution in [0.15, 0.2) is 41.5 Å². The van der Waals surface area contributed by atoms with Crippen LogP contribution in [0.4, 0.5) is 0 Å². The molecule has 0 aliphatic heterocycles. The molecule has 1 aromatic carbocycles. The van der Waals surface area contributed by atoms with E-state index in [1.165, 1.54) is 54.4 Å². The van der Waals surface area contributed by atoms with Gasteiger partial charge < -0.3 is 0 Å². The predicted molar refractivity (Wildman–Crippen MR) is 104 cm³/mol. The first-order chi connectivity index (χ1) is 11.5. The van der Waals surface area contributed by atoms with Gasteiger partial charge in [0.2, 0.25) is 0 Å². The Hall–Kier alpha value is -1.56. The molecule has 3 aliphatic carbocycles. The van der Waals surface area contributed by atoms with Gasteiger partial charge in [0, 0.05) is 11.8 Å². The molecule has 0 aromatic heterocycles. The number of hydrogen-bond acceptors (Lipinski definition) is 0. The Morgan fingerprint density at radius 2 is 1.50 bits per heavy atom. The average Bonchev–Trinajstić information content (AvgIpc) is 3.07. The number of benzene rings is 1. The van der Waals surface area contributed by atoms with E-state index in [1.807, 2.05) is 0 Å². The number of rotatable bonds is 2. The molecule has 0 saturated heterocycles. The van der Waals surface area contributed by atoms with Gasteiger partial charge >= 0.3 is 0 Å². The van der Waals surface area contributed by atoms with Gasteiger partial charge in [0.05, 0.1) is 0 Å². The molecule has 0 amide bonds. The van der Waals surface area contributed by atoms with Gasteiger partial charge in [-0.1, -0.05) is 56.7 Å². The maximum Gasteiger partial charge on any atom is 0.00871 e. The molecular weight excluding hydrogens is 288 g/mol. The van der Waals surface area contributed by atoms with Crippen molar-refractivity contribution in [2.24, 2.45) is 11.3 Å². The lowest BCUT2D eigenvalue weighted by Crippen LogP contribution is -2.27. The zero-order chi connectivity index (χ0) is 16.9. The van der Waals surface area contributed by atoms with Gasteiger partial charge in [-0.05, 0) is 78.3 Å². The highest BCUT2D eigenvalue weighted by Gasteiger charge is 2.39. The lowest BCUT2D eigenvalue weighted by molar-refractivity contribution is 0.271. The van der Waals surface area contributed by atoms with Crippen LogP contribution in [0.2, 0.25) is 0 Å². The van der Waals surface area contributed by atoms with Crippen molar-refractivity contribution in [1.29, 1.82) is 0 Å². The van der Waals surface area contributed by atoms with Crippen molar-refractivity contribution in [2.75, 3.05) is 0 Å². The molecule has 1 unspecified atom stereocenters. The van der Waals surface area contributed by atoms with Gasteiger partial charge in [0.25, 0.3) is 0 Å². The monoisotopic (exact) mass is 318 g/mol. The normalized spacial score (nSPS) is 23.6. The standard InChI is InChI=1S/C24H30/c1-16-12-20-10-11-23(22(20)13-17(16)2)24(3,4)21-14-18-8-6-5-7-9-19(18)15-21/h10-15,21,23H,5-9H2,1-4H3. The largest absolute Gasteiger partial charge is 0.0758 e. The molecule has 3 aliphatic rings. The van der Waals surface area contributed by atoms with Crippen LogP contribution in [0.1, 0.15) is 74.1 Å². The van der Waals surface area contributed by atoms with Crippen LogP contribution in [0, 0.1) is 25.2 Å².